The molecule has 19 heavy (non-hydrogen) atoms. The smallest absolute Gasteiger partial charge is 0.0120 e. The fourth-order valence-corrected chi connectivity index (χ4v) is 3.65. The Kier molecular flexibility index (Phi) is 5.67. The first-order chi connectivity index (χ1) is 9.10. The van der Waals surface area contributed by atoms with Gasteiger partial charge in [0.2, 0.25) is 0 Å². The predicted octanol–water partition coefficient (Wildman–Crippen LogP) is 2.04. The van der Waals surface area contributed by atoms with Crippen molar-refractivity contribution in [3.63, 3.8) is 0 Å². The van der Waals surface area contributed by atoms with Crippen LogP contribution in [-0.4, -0.2) is 61.7 Å². The minimum absolute atomic E-state index is 0.732. The van der Waals surface area contributed by atoms with Crippen molar-refractivity contribution in [1.82, 2.24) is 15.1 Å². The maximum atomic E-state index is 3.88. The summed E-state index contributed by atoms with van der Waals surface area (Å²) >= 11 is 0. The SMILES string of the molecule is CCN1CCC(CNC2CC(C)N(C)CC2C)CC1. The van der Waals surface area contributed by atoms with Gasteiger partial charge in [-0.2, -0.15) is 0 Å². The predicted molar refractivity (Wildman–Crippen MR) is 82.5 cm³/mol. The highest BCUT2D eigenvalue weighted by Gasteiger charge is 2.29. The Hall–Kier alpha value is -0.120. The standard InChI is InChI=1S/C16H33N3/c1-5-19-8-6-15(7-9-19)11-17-16-10-14(3)18(4)12-13(16)2/h13-17H,5-12H2,1-4H3. The first kappa shape index (κ1) is 15.3. The summed E-state index contributed by atoms with van der Waals surface area (Å²) in [6.45, 7) is 13.4. The quantitative estimate of drug-likeness (QED) is 0.841. The normalized spacial score (nSPS) is 35.7. The molecule has 3 heteroatoms. The lowest BCUT2D eigenvalue weighted by Gasteiger charge is -2.41. The third-order valence-electron chi connectivity index (χ3n) is 5.43. The van der Waals surface area contributed by atoms with Crippen LogP contribution in [-0.2, 0) is 0 Å². The van der Waals surface area contributed by atoms with Gasteiger partial charge in [-0.05, 0) is 71.2 Å². The number of rotatable bonds is 4. The molecule has 0 bridgehead atoms. The molecule has 0 aromatic heterocycles. The Morgan fingerprint density at radius 1 is 1.16 bits per heavy atom. The van der Waals surface area contributed by atoms with Crippen molar-refractivity contribution < 1.29 is 0 Å². The number of hydrogen-bond donors (Lipinski definition) is 1. The minimum atomic E-state index is 0.732. The van der Waals surface area contributed by atoms with Crippen LogP contribution in [0.25, 0.3) is 0 Å². The van der Waals surface area contributed by atoms with Crippen LogP contribution < -0.4 is 5.32 Å². The summed E-state index contributed by atoms with van der Waals surface area (Å²) in [4.78, 5) is 5.08. The Morgan fingerprint density at radius 2 is 1.84 bits per heavy atom. The summed E-state index contributed by atoms with van der Waals surface area (Å²) in [6, 6.07) is 1.46. The topological polar surface area (TPSA) is 18.5 Å². The van der Waals surface area contributed by atoms with Crippen LogP contribution in [0.15, 0.2) is 0 Å². The van der Waals surface area contributed by atoms with E-state index in [0.29, 0.717) is 0 Å². The molecule has 2 heterocycles. The van der Waals surface area contributed by atoms with Crippen molar-refractivity contribution in [3.8, 4) is 0 Å². The number of likely N-dealkylation sites (tertiary alicyclic amines) is 2. The van der Waals surface area contributed by atoms with Crippen LogP contribution in [0.4, 0.5) is 0 Å². The second kappa shape index (κ2) is 7.05. The molecule has 0 aromatic carbocycles. The zero-order valence-electron chi connectivity index (χ0n) is 13.4. The summed E-state index contributed by atoms with van der Waals surface area (Å²) in [5.74, 6) is 1.70. The van der Waals surface area contributed by atoms with E-state index in [0.717, 1.165) is 23.9 Å². The van der Waals surface area contributed by atoms with E-state index in [1.54, 1.807) is 0 Å². The lowest BCUT2D eigenvalue weighted by Crippen LogP contribution is -2.52. The van der Waals surface area contributed by atoms with Crippen LogP contribution in [0.2, 0.25) is 0 Å². The second-order valence-electron chi connectivity index (χ2n) is 6.89. The van der Waals surface area contributed by atoms with Crippen LogP contribution in [0, 0.1) is 11.8 Å². The van der Waals surface area contributed by atoms with E-state index in [1.165, 1.54) is 52.0 Å². The molecule has 0 amide bonds. The molecule has 2 rings (SSSR count). The summed E-state index contributed by atoms with van der Waals surface area (Å²) in [6.07, 6.45) is 4.08. The molecule has 0 aliphatic carbocycles. The zero-order valence-corrected chi connectivity index (χ0v) is 13.4. The summed E-state index contributed by atoms with van der Waals surface area (Å²) in [5, 5.41) is 3.88. The Morgan fingerprint density at radius 3 is 2.47 bits per heavy atom. The van der Waals surface area contributed by atoms with Gasteiger partial charge >= 0.3 is 0 Å². The van der Waals surface area contributed by atoms with Crippen molar-refractivity contribution in [2.75, 3.05) is 39.8 Å². The summed E-state index contributed by atoms with van der Waals surface area (Å²) in [7, 11) is 2.26. The molecule has 2 aliphatic heterocycles. The molecular formula is C16H33N3. The van der Waals surface area contributed by atoms with Crippen molar-refractivity contribution in [1.29, 1.82) is 0 Å². The summed E-state index contributed by atoms with van der Waals surface area (Å²) in [5.41, 5.74) is 0. The van der Waals surface area contributed by atoms with Gasteiger partial charge in [-0.3, -0.25) is 0 Å². The van der Waals surface area contributed by atoms with E-state index in [2.05, 4.69) is 42.9 Å². The third-order valence-corrected chi connectivity index (χ3v) is 5.43. The van der Waals surface area contributed by atoms with Crippen molar-refractivity contribution in [2.45, 2.75) is 52.1 Å². The third kappa shape index (κ3) is 4.17. The lowest BCUT2D eigenvalue weighted by atomic mass is 9.88. The molecule has 0 saturated carbocycles. The average Bonchev–Trinajstić information content (AvgIpc) is 2.42. The minimum Gasteiger partial charge on any atom is -0.313 e. The van der Waals surface area contributed by atoms with Crippen LogP contribution in [0.1, 0.15) is 40.0 Å². The number of piperidine rings is 2. The van der Waals surface area contributed by atoms with E-state index >= 15 is 0 Å². The maximum absolute atomic E-state index is 3.88. The van der Waals surface area contributed by atoms with Crippen molar-refractivity contribution >= 4 is 0 Å². The molecule has 3 unspecified atom stereocenters. The van der Waals surface area contributed by atoms with Gasteiger partial charge in [-0.25, -0.2) is 0 Å². The monoisotopic (exact) mass is 267 g/mol. The molecule has 3 atom stereocenters. The van der Waals surface area contributed by atoms with Gasteiger partial charge in [-0.15, -0.1) is 0 Å². The van der Waals surface area contributed by atoms with Gasteiger partial charge in [0.05, 0.1) is 0 Å². The van der Waals surface area contributed by atoms with E-state index in [4.69, 9.17) is 0 Å². The van der Waals surface area contributed by atoms with Crippen molar-refractivity contribution in [3.05, 3.63) is 0 Å². The van der Waals surface area contributed by atoms with Crippen LogP contribution in [0.3, 0.4) is 0 Å². The Bertz CT molecular complexity index is 261. The van der Waals surface area contributed by atoms with Gasteiger partial charge in [0.15, 0.2) is 0 Å². The van der Waals surface area contributed by atoms with E-state index in [9.17, 15) is 0 Å². The average molecular weight is 267 g/mol. The number of hydrogen-bond acceptors (Lipinski definition) is 3. The zero-order chi connectivity index (χ0) is 13.8. The highest BCUT2D eigenvalue weighted by molar-refractivity contribution is 4.87. The molecular weight excluding hydrogens is 234 g/mol. The van der Waals surface area contributed by atoms with E-state index in [1.807, 2.05) is 0 Å². The summed E-state index contributed by atoms with van der Waals surface area (Å²) < 4.78 is 0. The van der Waals surface area contributed by atoms with Crippen molar-refractivity contribution in [2.24, 2.45) is 11.8 Å². The van der Waals surface area contributed by atoms with Crippen LogP contribution >= 0.6 is 0 Å². The lowest BCUT2D eigenvalue weighted by molar-refractivity contribution is 0.114. The Balaban J connectivity index is 1.70. The maximum Gasteiger partial charge on any atom is 0.0120 e. The highest BCUT2D eigenvalue weighted by Crippen LogP contribution is 2.22. The fraction of sp³-hybridized carbons (Fsp3) is 1.00. The molecule has 2 aliphatic rings. The molecule has 2 saturated heterocycles. The van der Waals surface area contributed by atoms with Gasteiger partial charge < -0.3 is 15.1 Å². The van der Waals surface area contributed by atoms with Gasteiger partial charge in [0.1, 0.15) is 0 Å². The molecule has 2 fully saturated rings. The van der Waals surface area contributed by atoms with Gasteiger partial charge in [0.25, 0.3) is 0 Å². The van der Waals surface area contributed by atoms with Gasteiger partial charge in [0, 0.05) is 18.6 Å². The number of nitrogens with one attached hydrogen (secondary N) is 1. The molecule has 0 spiro atoms. The number of nitrogens with zero attached hydrogens (tertiary/aromatic N) is 2. The van der Waals surface area contributed by atoms with Crippen LogP contribution in [0.5, 0.6) is 0 Å². The molecule has 1 N–H and O–H groups in total. The van der Waals surface area contributed by atoms with Gasteiger partial charge in [-0.1, -0.05) is 13.8 Å². The molecule has 0 aromatic rings. The second-order valence-corrected chi connectivity index (χ2v) is 6.89. The Labute approximate surface area is 119 Å². The largest absolute Gasteiger partial charge is 0.313 e. The molecule has 3 nitrogen and oxygen atoms in total. The van der Waals surface area contributed by atoms with E-state index in [-0.39, 0.29) is 0 Å². The first-order valence-corrected chi connectivity index (χ1v) is 8.26. The fourth-order valence-electron chi connectivity index (χ4n) is 3.65. The molecule has 0 radical (unpaired) electrons. The highest BCUT2D eigenvalue weighted by atomic mass is 15.2. The molecule has 112 valence electrons. The van der Waals surface area contributed by atoms with E-state index < -0.39 is 0 Å². The first-order valence-electron chi connectivity index (χ1n) is 8.26.